The summed E-state index contributed by atoms with van der Waals surface area (Å²) in [5, 5.41) is 6.73. The Balaban J connectivity index is 1.95. The van der Waals surface area contributed by atoms with E-state index < -0.39 is 0 Å². The van der Waals surface area contributed by atoms with Gasteiger partial charge >= 0.3 is 0 Å². The number of hydrogen-bond donors (Lipinski definition) is 2. The predicted molar refractivity (Wildman–Crippen MR) is 105 cm³/mol. The van der Waals surface area contributed by atoms with Crippen molar-refractivity contribution < 1.29 is 0 Å². The van der Waals surface area contributed by atoms with Crippen molar-refractivity contribution in [2.24, 2.45) is 4.99 Å². The van der Waals surface area contributed by atoms with Crippen molar-refractivity contribution in [1.82, 2.24) is 20.2 Å². The van der Waals surface area contributed by atoms with Crippen molar-refractivity contribution in [1.29, 1.82) is 0 Å². The van der Waals surface area contributed by atoms with E-state index in [1.54, 1.807) is 0 Å². The van der Waals surface area contributed by atoms with Crippen LogP contribution >= 0.6 is 0 Å². The molecule has 0 amide bonds. The first kappa shape index (κ1) is 19.0. The third-order valence-corrected chi connectivity index (χ3v) is 4.10. The van der Waals surface area contributed by atoms with E-state index in [0.717, 1.165) is 31.4 Å². The minimum absolute atomic E-state index is 0.680. The standard InChI is InChI=1S/C20H31N5/c1-4-6-7-11-23-20(21-5-2)24-15-18-9-8-10-19(14-18)16-25-13-12-22-17(25)3/h8-10,12-14H,4-7,11,15-16H2,1-3H3,(H2,21,23,24). The Kier molecular flexibility index (Phi) is 8.02. The van der Waals surface area contributed by atoms with Crippen LogP contribution in [0, 0.1) is 6.92 Å². The summed E-state index contributed by atoms with van der Waals surface area (Å²) in [5.74, 6) is 1.93. The van der Waals surface area contributed by atoms with Gasteiger partial charge < -0.3 is 15.2 Å². The van der Waals surface area contributed by atoms with Gasteiger partial charge in [-0.05, 0) is 31.4 Å². The van der Waals surface area contributed by atoms with Crippen LogP contribution in [0.3, 0.4) is 0 Å². The topological polar surface area (TPSA) is 54.2 Å². The van der Waals surface area contributed by atoms with Gasteiger partial charge in [0.25, 0.3) is 0 Å². The highest BCUT2D eigenvalue weighted by Crippen LogP contribution is 2.09. The number of nitrogens with zero attached hydrogens (tertiary/aromatic N) is 3. The summed E-state index contributed by atoms with van der Waals surface area (Å²) < 4.78 is 2.15. The van der Waals surface area contributed by atoms with E-state index in [0.29, 0.717) is 6.54 Å². The summed E-state index contributed by atoms with van der Waals surface area (Å²) >= 11 is 0. The summed E-state index contributed by atoms with van der Waals surface area (Å²) in [6.45, 7) is 9.72. The lowest BCUT2D eigenvalue weighted by Gasteiger charge is -2.11. The van der Waals surface area contributed by atoms with Gasteiger partial charge in [0.05, 0.1) is 6.54 Å². The number of rotatable bonds is 9. The first-order chi connectivity index (χ1) is 12.2. The third kappa shape index (κ3) is 6.61. The number of unbranched alkanes of at least 4 members (excludes halogenated alkanes) is 2. The highest BCUT2D eigenvalue weighted by atomic mass is 15.2. The van der Waals surface area contributed by atoms with Gasteiger partial charge in [0, 0.05) is 32.0 Å². The molecule has 1 aromatic heterocycles. The van der Waals surface area contributed by atoms with Crippen LogP contribution in [0.15, 0.2) is 41.7 Å². The molecule has 2 rings (SSSR count). The van der Waals surface area contributed by atoms with Crippen molar-refractivity contribution in [3.63, 3.8) is 0 Å². The Morgan fingerprint density at radius 1 is 1.16 bits per heavy atom. The van der Waals surface area contributed by atoms with Crippen molar-refractivity contribution in [2.75, 3.05) is 13.1 Å². The van der Waals surface area contributed by atoms with Gasteiger partial charge in [-0.1, -0.05) is 44.0 Å². The van der Waals surface area contributed by atoms with Crippen LogP contribution in [0.25, 0.3) is 0 Å². The molecule has 2 aromatic rings. The minimum atomic E-state index is 0.680. The lowest BCUT2D eigenvalue weighted by Crippen LogP contribution is -2.37. The van der Waals surface area contributed by atoms with Gasteiger partial charge in [0.1, 0.15) is 5.82 Å². The zero-order valence-electron chi connectivity index (χ0n) is 15.8. The van der Waals surface area contributed by atoms with Crippen LogP contribution in [0.1, 0.15) is 50.1 Å². The molecule has 0 bridgehead atoms. The molecule has 0 atom stereocenters. The number of benzene rings is 1. The van der Waals surface area contributed by atoms with Crippen LogP contribution in [0.5, 0.6) is 0 Å². The molecular formula is C20H31N5. The Morgan fingerprint density at radius 2 is 2.00 bits per heavy atom. The maximum absolute atomic E-state index is 4.71. The quantitative estimate of drug-likeness (QED) is 0.417. The molecule has 2 N–H and O–H groups in total. The van der Waals surface area contributed by atoms with Gasteiger partial charge in [-0.2, -0.15) is 0 Å². The SMILES string of the molecule is CCCCCNC(=NCc1cccc(Cn2ccnc2C)c1)NCC. The molecule has 1 aromatic carbocycles. The Bertz CT molecular complexity index is 660. The number of imidazole rings is 1. The van der Waals surface area contributed by atoms with E-state index in [4.69, 9.17) is 4.99 Å². The molecular weight excluding hydrogens is 310 g/mol. The summed E-state index contributed by atoms with van der Waals surface area (Å²) in [4.78, 5) is 8.99. The molecule has 0 saturated heterocycles. The van der Waals surface area contributed by atoms with E-state index in [-0.39, 0.29) is 0 Å². The first-order valence-corrected chi connectivity index (χ1v) is 9.30. The van der Waals surface area contributed by atoms with E-state index in [1.165, 1.54) is 30.4 Å². The van der Waals surface area contributed by atoms with Crippen LogP contribution in [0.2, 0.25) is 0 Å². The van der Waals surface area contributed by atoms with Crippen molar-refractivity contribution >= 4 is 5.96 Å². The van der Waals surface area contributed by atoms with Crippen LogP contribution < -0.4 is 10.6 Å². The molecule has 0 aliphatic carbocycles. The van der Waals surface area contributed by atoms with Crippen LogP contribution in [-0.4, -0.2) is 28.6 Å². The summed E-state index contributed by atoms with van der Waals surface area (Å²) in [7, 11) is 0. The molecule has 0 spiro atoms. The van der Waals surface area contributed by atoms with Crippen molar-refractivity contribution in [2.45, 2.75) is 53.1 Å². The molecule has 1 heterocycles. The van der Waals surface area contributed by atoms with Crippen molar-refractivity contribution in [3.8, 4) is 0 Å². The summed E-state index contributed by atoms with van der Waals surface area (Å²) in [5.41, 5.74) is 2.50. The van der Waals surface area contributed by atoms with Crippen molar-refractivity contribution in [3.05, 3.63) is 53.6 Å². The molecule has 136 valence electrons. The van der Waals surface area contributed by atoms with Gasteiger partial charge in [0.2, 0.25) is 0 Å². The van der Waals surface area contributed by atoms with E-state index >= 15 is 0 Å². The summed E-state index contributed by atoms with van der Waals surface area (Å²) in [6.07, 6.45) is 7.53. The highest BCUT2D eigenvalue weighted by molar-refractivity contribution is 5.79. The molecule has 0 fully saturated rings. The highest BCUT2D eigenvalue weighted by Gasteiger charge is 2.01. The molecule has 0 aliphatic heterocycles. The van der Waals surface area contributed by atoms with E-state index in [1.807, 2.05) is 19.3 Å². The number of guanidine groups is 1. The average Bonchev–Trinajstić information content (AvgIpc) is 3.01. The maximum Gasteiger partial charge on any atom is 0.191 e. The van der Waals surface area contributed by atoms with Gasteiger partial charge in [0.15, 0.2) is 5.96 Å². The van der Waals surface area contributed by atoms with Gasteiger partial charge in [-0.15, -0.1) is 0 Å². The normalized spacial score (nSPS) is 11.6. The second-order valence-electron chi connectivity index (χ2n) is 6.25. The molecule has 5 nitrogen and oxygen atoms in total. The third-order valence-electron chi connectivity index (χ3n) is 4.10. The Hall–Kier alpha value is -2.30. The lowest BCUT2D eigenvalue weighted by atomic mass is 10.1. The van der Waals surface area contributed by atoms with Gasteiger partial charge in [-0.25, -0.2) is 9.98 Å². The molecule has 0 unspecified atom stereocenters. The number of aryl methyl sites for hydroxylation is 1. The van der Waals surface area contributed by atoms with E-state index in [2.05, 4.69) is 58.3 Å². The molecule has 0 radical (unpaired) electrons. The molecule has 5 heteroatoms. The zero-order valence-corrected chi connectivity index (χ0v) is 15.8. The lowest BCUT2D eigenvalue weighted by molar-refractivity contribution is 0.683. The Labute approximate surface area is 151 Å². The average molecular weight is 342 g/mol. The van der Waals surface area contributed by atoms with Crippen LogP contribution in [0.4, 0.5) is 0 Å². The number of hydrogen-bond acceptors (Lipinski definition) is 2. The molecule has 0 saturated carbocycles. The number of aromatic nitrogens is 2. The van der Waals surface area contributed by atoms with Crippen LogP contribution in [-0.2, 0) is 13.1 Å². The monoisotopic (exact) mass is 341 g/mol. The first-order valence-electron chi connectivity index (χ1n) is 9.30. The molecule has 0 aliphatic rings. The summed E-state index contributed by atoms with van der Waals surface area (Å²) in [6, 6.07) is 8.62. The predicted octanol–water partition coefficient (Wildman–Crippen LogP) is 3.49. The van der Waals surface area contributed by atoms with E-state index in [9.17, 15) is 0 Å². The fourth-order valence-corrected chi connectivity index (χ4v) is 2.69. The minimum Gasteiger partial charge on any atom is -0.357 e. The fourth-order valence-electron chi connectivity index (χ4n) is 2.69. The zero-order chi connectivity index (χ0) is 17.9. The second kappa shape index (κ2) is 10.5. The fraction of sp³-hybridized carbons (Fsp3) is 0.500. The largest absolute Gasteiger partial charge is 0.357 e. The number of nitrogens with one attached hydrogen (secondary N) is 2. The molecule has 25 heavy (non-hydrogen) atoms. The Morgan fingerprint density at radius 3 is 2.72 bits per heavy atom. The number of aliphatic imine (C=N–C) groups is 1. The maximum atomic E-state index is 4.71. The smallest absolute Gasteiger partial charge is 0.191 e. The van der Waals surface area contributed by atoms with Gasteiger partial charge in [-0.3, -0.25) is 0 Å². The second-order valence-corrected chi connectivity index (χ2v) is 6.25.